The van der Waals surface area contributed by atoms with Gasteiger partial charge in [-0.3, -0.25) is 0 Å². The van der Waals surface area contributed by atoms with E-state index in [1.54, 1.807) is 0 Å². The van der Waals surface area contributed by atoms with Crippen LogP contribution in [-0.2, 0) is 9.47 Å². The smallest absolute Gasteiger partial charge is 0.419 e. The van der Waals surface area contributed by atoms with Gasteiger partial charge in [-0.25, -0.2) is 14.5 Å². The van der Waals surface area contributed by atoms with E-state index in [1.165, 1.54) is 7.05 Å². The van der Waals surface area contributed by atoms with E-state index >= 15 is 0 Å². The summed E-state index contributed by atoms with van der Waals surface area (Å²) in [6, 6.07) is 0. The van der Waals surface area contributed by atoms with Gasteiger partial charge in [0, 0.05) is 7.05 Å². The lowest BCUT2D eigenvalue weighted by Gasteiger charge is -2.15. The number of imide groups is 1. The fourth-order valence-electron chi connectivity index (χ4n) is 1.64. The fourth-order valence-corrected chi connectivity index (χ4v) is 1.64. The van der Waals surface area contributed by atoms with Crippen molar-refractivity contribution in [1.29, 1.82) is 0 Å². The number of rotatable bonds is 10. The molecule has 0 saturated carbocycles. The Kier molecular flexibility index (Phi) is 12.0. The fraction of sp³-hybridized carbons (Fsp3) is 0.867. The van der Waals surface area contributed by atoms with E-state index in [0.29, 0.717) is 13.2 Å². The van der Waals surface area contributed by atoms with Gasteiger partial charge in [0.1, 0.15) is 0 Å². The Morgan fingerprint density at radius 2 is 1.15 bits per heavy atom. The molecule has 0 saturated heterocycles. The van der Waals surface area contributed by atoms with Crippen LogP contribution in [0.1, 0.15) is 65.2 Å². The van der Waals surface area contributed by atoms with Gasteiger partial charge in [0.2, 0.25) is 0 Å². The van der Waals surface area contributed by atoms with E-state index in [9.17, 15) is 9.59 Å². The van der Waals surface area contributed by atoms with Gasteiger partial charge in [0.15, 0.2) is 0 Å². The Labute approximate surface area is 122 Å². The number of hydrogen-bond donors (Lipinski definition) is 0. The van der Waals surface area contributed by atoms with Crippen molar-refractivity contribution in [1.82, 2.24) is 4.90 Å². The lowest BCUT2D eigenvalue weighted by atomic mass is 10.2. The number of carbonyl (C=O) groups excluding carboxylic acids is 2. The molecule has 0 radical (unpaired) electrons. The summed E-state index contributed by atoms with van der Waals surface area (Å²) in [4.78, 5) is 24.0. The third-order valence-corrected chi connectivity index (χ3v) is 2.99. The molecule has 0 atom stereocenters. The van der Waals surface area contributed by atoms with Gasteiger partial charge in [-0.15, -0.1) is 0 Å². The minimum Gasteiger partial charge on any atom is -0.449 e. The van der Waals surface area contributed by atoms with Crippen LogP contribution in [0.4, 0.5) is 9.59 Å². The van der Waals surface area contributed by atoms with Crippen molar-refractivity contribution in [2.24, 2.45) is 0 Å². The van der Waals surface area contributed by atoms with E-state index in [1.807, 2.05) is 0 Å². The minimum atomic E-state index is -0.639. The lowest BCUT2D eigenvalue weighted by Crippen LogP contribution is -2.34. The summed E-state index contributed by atoms with van der Waals surface area (Å²) in [7, 11) is 1.38. The Morgan fingerprint density at radius 1 is 0.750 bits per heavy atom. The van der Waals surface area contributed by atoms with Crippen LogP contribution < -0.4 is 0 Å². The molecule has 0 aliphatic heterocycles. The summed E-state index contributed by atoms with van der Waals surface area (Å²) in [5.41, 5.74) is 0. The third kappa shape index (κ3) is 9.64. The summed E-state index contributed by atoms with van der Waals surface area (Å²) in [5, 5.41) is 0. The van der Waals surface area contributed by atoms with E-state index in [-0.39, 0.29) is 0 Å². The Balaban J connectivity index is 3.67. The Bertz CT molecular complexity index is 243. The summed E-state index contributed by atoms with van der Waals surface area (Å²) in [5.74, 6) is 0. The topological polar surface area (TPSA) is 55.8 Å². The second kappa shape index (κ2) is 12.8. The molecule has 0 aromatic rings. The molecule has 0 bridgehead atoms. The largest absolute Gasteiger partial charge is 0.449 e. The zero-order chi connectivity index (χ0) is 15.2. The molecule has 118 valence electrons. The van der Waals surface area contributed by atoms with Crippen molar-refractivity contribution < 1.29 is 19.1 Å². The zero-order valence-electron chi connectivity index (χ0n) is 13.2. The van der Waals surface area contributed by atoms with Gasteiger partial charge in [0.25, 0.3) is 0 Å². The first-order valence-corrected chi connectivity index (χ1v) is 7.70. The van der Waals surface area contributed by atoms with Crippen molar-refractivity contribution in [3.63, 3.8) is 0 Å². The molecule has 0 spiro atoms. The van der Waals surface area contributed by atoms with Crippen molar-refractivity contribution in [2.75, 3.05) is 20.3 Å². The Hall–Kier alpha value is -1.26. The summed E-state index contributed by atoms with van der Waals surface area (Å²) in [6.07, 6.45) is 7.00. The van der Waals surface area contributed by atoms with Crippen molar-refractivity contribution in [3.8, 4) is 0 Å². The quantitative estimate of drug-likeness (QED) is 0.560. The SMILES string of the molecule is CCCCCCOC(=O)N(C)C(=O)OCCCCCC. The summed E-state index contributed by atoms with van der Waals surface area (Å²) in [6.45, 7) is 4.95. The molecule has 0 rings (SSSR count). The first-order valence-electron chi connectivity index (χ1n) is 7.70. The molecular weight excluding hydrogens is 258 g/mol. The van der Waals surface area contributed by atoms with Gasteiger partial charge in [-0.2, -0.15) is 0 Å². The molecule has 0 heterocycles. The molecule has 0 unspecified atom stereocenters. The van der Waals surface area contributed by atoms with E-state index in [2.05, 4.69) is 13.8 Å². The number of hydrogen-bond acceptors (Lipinski definition) is 4. The van der Waals surface area contributed by atoms with Crippen LogP contribution in [0, 0.1) is 0 Å². The normalized spacial score (nSPS) is 10.2. The highest BCUT2D eigenvalue weighted by Crippen LogP contribution is 2.03. The highest BCUT2D eigenvalue weighted by atomic mass is 16.6. The number of carbonyl (C=O) groups is 2. The maximum Gasteiger partial charge on any atom is 0.419 e. The molecule has 0 aromatic heterocycles. The molecule has 0 fully saturated rings. The number of ether oxygens (including phenoxy) is 2. The third-order valence-electron chi connectivity index (χ3n) is 2.99. The molecule has 2 amide bonds. The van der Waals surface area contributed by atoms with Crippen LogP contribution in [0.25, 0.3) is 0 Å². The molecule has 0 aromatic carbocycles. The van der Waals surface area contributed by atoms with Gasteiger partial charge in [-0.1, -0.05) is 52.4 Å². The van der Waals surface area contributed by atoms with Crippen LogP contribution in [0.15, 0.2) is 0 Å². The van der Waals surface area contributed by atoms with Crippen molar-refractivity contribution >= 4 is 12.2 Å². The van der Waals surface area contributed by atoms with Crippen molar-refractivity contribution in [2.45, 2.75) is 65.2 Å². The zero-order valence-corrected chi connectivity index (χ0v) is 13.2. The highest BCUT2D eigenvalue weighted by molar-refractivity contribution is 5.87. The molecule has 0 aliphatic rings. The lowest BCUT2D eigenvalue weighted by molar-refractivity contribution is 0.0827. The number of unbranched alkanes of at least 4 members (excludes halogenated alkanes) is 6. The predicted molar refractivity (Wildman–Crippen MR) is 78.7 cm³/mol. The molecule has 5 heteroatoms. The molecule has 0 aliphatic carbocycles. The number of nitrogens with zero attached hydrogens (tertiary/aromatic N) is 1. The molecular formula is C15H29NO4. The van der Waals surface area contributed by atoms with E-state index < -0.39 is 12.2 Å². The first kappa shape index (κ1) is 18.7. The van der Waals surface area contributed by atoms with Crippen LogP contribution in [0.5, 0.6) is 0 Å². The standard InChI is InChI=1S/C15H29NO4/c1-4-6-8-10-12-19-14(17)16(3)15(18)20-13-11-9-7-5-2/h4-13H2,1-3H3. The summed E-state index contributed by atoms with van der Waals surface area (Å²) < 4.78 is 10.0. The second-order valence-corrected chi connectivity index (χ2v) is 4.91. The molecule has 20 heavy (non-hydrogen) atoms. The first-order chi connectivity index (χ1) is 9.63. The average Bonchev–Trinajstić information content (AvgIpc) is 2.45. The second-order valence-electron chi connectivity index (χ2n) is 4.91. The summed E-state index contributed by atoms with van der Waals surface area (Å²) >= 11 is 0. The van der Waals surface area contributed by atoms with Crippen LogP contribution >= 0.6 is 0 Å². The predicted octanol–water partition coefficient (Wildman–Crippen LogP) is 4.35. The number of amides is 2. The minimum absolute atomic E-state index is 0.354. The van der Waals surface area contributed by atoms with Gasteiger partial charge in [-0.05, 0) is 12.8 Å². The van der Waals surface area contributed by atoms with Gasteiger partial charge < -0.3 is 9.47 Å². The Morgan fingerprint density at radius 3 is 1.50 bits per heavy atom. The molecule has 0 N–H and O–H groups in total. The maximum atomic E-state index is 11.6. The monoisotopic (exact) mass is 287 g/mol. The van der Waals surface area contributed by atoms with E-state index in [0.717, 1.165) is 56.3 Å². The van der Waals surface area contributed by atoms with Crippen LogP contribution in [0.3, 0.4) is 0 Å². The average molecular weight is 287 g/mol. The van der Waals surface area contributed by atoms with Crippen molar-refractivity contribution in [3.05, 3.63) is 0 Å². The van der Waals surface area contributed by atoms with Crippen LogP contribution in [-0.4, -0.2) is 37.3 Å². The van der Waals surface area contributed by atoms with Gasteiger partial charge in [0.05, 0.1) is 13.2 Å². The maximum absolute atomic E-state index is 11.6. The highest BCUT2D eigenvalue weighted by Gasteiger charge is 2.19. The van der Waals surface area contributed by atoms with Gasteiger partial charge >= 0.3 is 12.2 Å². The molecule has 5 nitrogen and oxygen atoms in total. The van der Waals surface area contributed by atoms with Crippen LogP contribution in [0.2, 0.25) is 0 Å². The van der Waals surface area contributed by atoms with E-state index in [4.69, 9.17) is 9.47 Å².